The van der Waals surface area contributed by atoms with Gasteiger partial charge in [-0.15, -0.1) is 0 Å². The summed E-state index contributed by atoms with van der Waals surface area (Å²) in [7, 11) is -0.434. The van der Waals surface area contributed by atoms with Crippen molar-refractivity contribution < 1.29 is 33.0 Å². The summed E-state index contributed by atoms with van der Waals surface area (Å²) >= 11 is 6.04. The lowest BCUT2D eigenvalue weighted by molar-refractivity contribution is -0.128. The highest BCUT2D eigenvalue weighted by Gasteiger charge is 2.46. The largest absolute Gasteiger partial charge is 0.434 e. The van der Waals surface area contributed by atoms with Gasteiger partial charge in [-0.05, 0) is 67.2 Å². The Labute approximate surface area is 299 Å². The minimum absolute atomic E-state index is 0.0475. The highest BCUT2D eigenvalue weighted by atomic mass is 35.5. The highest BCUT2D eigenvalue weighted by molar-refractivity contribution is 8.16. The zero-order valence-corrected chi connectivity index (χ0v) is 29.5. The lowest BCUT2D eigenvalue weighted by Gasteiger charge is -2.32. The number of aliphatic hydroxyl groups is 1. The predicted molar refractivity (Wildman–Crippen MR) is 190 cm³/mol. The maximum atomic E-state index is 16.1. The second kappa shape index (κ2) is 17.6. The fraction of sp³-hybridized carbons (Fsp3) is 0.541. The van der Waals surface area contributed by atoms with E-state index >= 15 is 8.78 Å². The number of alkyl halides is 2. The molecule has 4 N–H and O–H groups in total. The van der Waals surface area contributed by atoms with Crippen molar-refractivity contribution in [2.75, 3.05) is 18.1 Å². The normalized spacial score (nSPS) is 20.9. The Kier molecular flexibility index (Phi) is 13.3. The summed E-state index contributed by atoms with van der Waals surface area (Å²) in [6.45, 7) is 0.472. The van der Waals surface area contributed by atoms with Crippen molar-refractivity contribution in [2.45, 2.75) is 94.4 Å². The number of carbonyl (C=O) groups is 3. The van der Waals surface area contributed by atoms with E-state index in [9.17, 15) is 24.8 Å². The van der Waals surface area contributed by atoms with Crippen LogP contribution in [0.4, 0.5) is 13.6 Å². The van der Waals surface area contributed by atoms with Gasteiger partial charge < -0.3 is 25.8 Å². The average molecular weight is 731 g/mol. The molecule has 0 spiro atoms. The lowest BCUT2D eigenvalue weighted by Crippen LogP contribution is -2.55. The number of hydrogen-bond donors (Lipinski definition) is 4. The summed E-state index contributed by atoms with van der Waals surface area (Å²) in [6.07, 6.45) is 2.83. The van der Waals surface area contributed by atoms with Crippen LogP contribution in [0, 0.1) is 23.2 Å². The van der Waals surface area contributed by atoms with E-state index < -0.39 is 64.2 Å². The Balaban J connectivity index is 1.40. The quantitative estimate of drug-likeness (QED) is 0.177. The van der Waals surface area contributed by atoms with E-state index in [0.29, 0.717) is 17.8 Å². The molecule has 2 aliphatic heterocycles. The number of alkyl carbamates (subject to hydrolysis) is 1. The SMILES string of the molecule is N#CC(C(O)[C@H](C[C@@H]1CCNC1=O)NC(=O)[C@H](CC1CCCCC1)NC(=O)OC(c1ccccc1)C(F)(F)c1cccc(Cl)c1)=S1CCCC1. The van der Waals surface area contributed by atoms with Gasteiger partial charge in [-0.25, -0.2) is 4.79 Å². The number of aliphatic hydroxyl groups excluding tert-OH is 1. The van der Waals surface area contributed by atoms with E-state index in [-0.39, 0.29) is 35.3 Å². The van der Waals surface area contributed by atoms with Gasteiger partial charge in [0.05, 0.1) is 10.9 Å². The molecule has 3 fully saturated rings. The number of nitrogens with zero attached hydrogens (tertiary/aromatic N) is 1. The summed E-state index contributed by atoms with van der Waals surface area (Å²) in [6, 6.07) is 12.8. The molecule has 2 saturated heterocycles. The average Bonchev–Trinajstić information content (AvgIpc) is 3.79. The number of rotatable bonds is 13. The monoisotopic (exact) mass is 730 g/mol. The molecule has 13 heteroatoms. The van der Waals surface area contributed by atoms with E-state index in [4.69, 9.17) is 16.3 Å². The Hall–Kier alpha value is -3.53. The third-order valence-electron chi connectivity index (χ3n) is 9.90. The van der Waals surface area contributed by atoms with E-state index in [1.165, 1.54) is 30.3 Å². The van der Waals surface area contributed by atoms with Crippen LogP contribution in [-0.2, 0) is 20.2 Å². The third-order valence-corrected chi connectivity index (χ3v) is 12.7. The molecular formula is C37H45ClF2N4O5S. The van der Waals surface area contributed by atoms with E-state index in [0.717, 1.165) is 62.5 Å². The van der Waals surface area contributed by atoms with Crippen molar-refractivity contribution in [3.05, 3.63) is 70.7 Å². The van der Waals surface area contributed by atoms with Gasteiger partial charge in [0.2, 0.25) is 11.8 Å². The maximum absolute atomic E-state index is 16.1. The standard InChI is InChI=1S/C37H45ClF2N4O5S/c38-28-15-9-14-27(22-28)37(39,40)33(25-12-5-2-6-13-25)49-36(48)44-30(20-24-10-3-1-4-11-24)35(47)43-29(21-26-16-17-42-34(26)46)32(45)31(23-41)50-18-7-8-19-50/h2,5-6,9,12-15,22,24,26,29-30,32-33,45H,1,3-4,7-8,10-11,16-21H2,(H,42,46)(H,43,47)(H,44,48)/t26-,29-,30-,32?,33?/m0/s1. The zero-order chi connectivity index (χ0) is 35.7. The smallest absolute Gasteiger partial charge is 0.408 e. The molecule has 50 heavy (non-hydrogen) atoms. The van der Waals surface area contributed by atoms with E-state index in [2.05, 4.69) is 22.0 Å². The minimum atomic E-state index is -3.69. The second-order valence-electron chi connectivity index (χ2n) is 13.4. The molecule has 2 unspecified atom stereocenters. The molecule has 9 nitrogen and oxygen atoms in total. The summed E-state index contributed by atoms with van der Waals surface area (Å²) < 4.78 is 37.7. The number of amides is 3. The summed E-state index contributed by atoms with van der Waals surface area (Å²) in [5.74, 6) is -3.34. The molecule has 0 aromatic heterocycles. The van der Waals surface area contributed by atoms with E-state index in [1.54, 1.807) is 18.2 Å². The van der Waals surface area contributed by atoms with Gasteiger partial charge in [0.15, 0.2) is 6.10 Å². The first kappa shape index (κ1) is 37.7. The van der Waals surface area contributed by atoms with Gasteiger partial charge in [-0.1, -0.05) is 86.2 Å². The van der Waals surface area contributed by atoms with Crippen LogP contribution >= 0.6 is 22.1 Å². The number of hydrogen-bond acceptors (Lipinski definition) is 6. The van der Waals surface area contributed by atoms with Crippen LogP contribution in [0.2, 0.25) is 5.02 Å². The van der Waals surface area contributed by atoms with Gasteiger partial charge in [0.1, 0.15) is 18.2 Å². The summed E-state index contributed by atoms with van der Waals surface area (Å²) in [4.78, 5) is 40.6. The van der Waals surface area contributed by atoms with E-state index in [1.807, 2.05) is 0 Å². The number of carbonyl (C=O) groups excluding carboxylic acids is 3. The molecule has 5 atom stereocenters. The molecule has 3 aliphatic rings. The number of nitriles is 1. The predicted octanol–water partition coefficient (Wildman–Crippen LogP) is 6.37. The number of nitrogens with one attached hydrogen (secondary N) is 3. The fourth-order valence-electron chi connectivity index (χ4n) is 7.18. The Morgan fingerprint density at radius 2 is 1.74 bits per heavy atom. The molecule has 0 radical (unpaired) electrons. The van der Waals surface area contributed by atoms with Crippen molar-refractivity contribution >= 4 is 44.9 Å². The Morgan fingerprint density at radius 3 is 2.38 bits per heavy atom. The number of ether oxygens (including phenoxy) is 1. The number of halogens is 3. The fourth-order valence-corrected chi connectivity index (χ4v) is 9.76. The molecule has 270 valence electrons. The van der Waals surface area contributed by atoms with Crippen molar-refractivity contribution in [2.24, 2.45) is 11.8 Å². The van der Waals surface area contributed by atoms with Crippen molar-refractivity contribution in [3.8, 4) is 6.07 Å². The molecule has 2 aromatic carbocycles. The molecule has 1 saturated carbocycles. The van der Waals surface area contributed by atoms with Crippen LogP contribution in [-0.4, -0.2) is 64.1 Å². The third kappa shape index (κ3) is 9.62. The highest BCUT2D eigenvalue weighted by Crippen LogP contribution is 2.43. The van der Waals surface area contributed by atoms with Crippen molar-refractivity contribution in [1.29, 1.82) is 5.26 Å². The molecule has 1 aliphatic carbocycles. The Bertz CT molecular complexity index is 1570. The molecule has 3 amide bonds. The zero-order valence-electron chi connectivity index (χ0n) is 27.9. The van der Waals surface area contributed by atoms with Crippen LogP contribution < -0.4 is 16.0 Å². The lowest BCUT2D eigenvalue weighted by atomic mass is 9.84. The van der Waals surface area contributed by atoms with Crippen molar-refractivity contribution in [3.63, 3.8) is 0 Å². The van der Waals surface area contributed by atoms with Gasteiger partial charge >= 0.3 is 12.0 Å². The molecule has 0 bridgehead atoms. The first-order chi connectivity index (χ1) is 24.1. The minimum Gasteiger partial charge on any atom is -0.434 e. The molecule has 2 aromatic rings. The topological polar surface area (TPSA) is 141 Å². The van der Waals surface area contributed by atoms with Gasteiger partial charge in [0.25, 0.3) is 0 Å². The summed E-state index contributed by atoms with van der Waals surface area (Å²) in [5.41, 5.74) is -0.394. The molecule has 2 heterocycles. The van der Waals surface area contributed by atoms with Gasteiger partial charge in [-0.2, -0.15) is 24.5 Å². The molecular weight excluding hydrogens is 686 g/mol. The van der Waals surface area contributed by atoms with Crippen LogP contribution in [0.5, 0.6) is 0 Å². The van der Waals surface area contributed by atoms with Crippen LogP contribution in [0.1, 0.15) is 81.4 Å². The Morgan fingerprint density at radius 1 is 1.02 bits per heavy atom. The van der Waals surface area contributed by atoms with Crippen molar-refractivity contribution in [1.82, 2.24) is 16.0 Å². The molecule has 5 rings (SSSR count). The van der Waals surface area contributed by atoms with Gasteiger partial charge in [-0.3, -0.25) is 9.59 Å². The number of benzene rings is 2. The first-order valence-corrected chi connectivity index (χ1v) is 19.4. The maximum Gasteiger partial charge on any atom is 0.408 e. The van der Waals surface area contributed by atoms with Gasteiger partial charge in [0, 0.05) is 23.0 Å². The van der Waals surface area contributed by atoms with Crippen LogP contribution in [0.25, 0.3) is 0 Å². The van der Waals surface area contributed by atoms with Crippen LogP contribution in [0.15, 0.2) is 54.6 Å². The summed E-state index contributed by atoms with van der Waals surface area (Å²) in [5, 5.41) is 30.0. The second-order valence-corrected chi connectivity index (χ2v) is 16.1. The first-order valence-electron chi connectivity index (χ1n) is 17.4. The van der Waals surface area contributed by atoms with Crippen LogP contribution in [0.3, 0.4) is 0 Å².